The second-order valence-electron chi connectivity index (χ2n) is 10.7. The first-order chi connectivity index (χ1) is 15.0. The molecule has 32 heavy (non-hydrogen) atoms. The van der Waals surface area contributed by atoms with Crippen molar-refractivity contribution < 1.29 is 19.2 Å². The van der Waals surface area contributed by atoms with Crippen molar-refractivity contribution >= 4 is 11.7 Å². The zero-order chi connectivity index (χ0) is 23.5. The van der Waals surface area contributed by atoms with E-state index < -0.39 is 11.1 Å². The van der Waals surface area contributed by atoms with Crippen molar-refractivity contribution in [2.24, 2.45) is 5.92 Å². The molecule has 1 N–H and O–H groups in total. The van der Waals surface area contributed by atoms with E-state index in [4.69, 9.17) is 0 Å². The summed E-state index contributed by atoms with van der Waals surface area (Å²) in [7, 11) is 0. The lowest BCUT2D eigenvalue weighted by atomic mass is 9.78. The molecule has 177 valence electrons. The summed E-state index contributed by atoms with van der Waals surface area (Å²) in [6.45, 7) is 10.3. The van der Waals surface area contributed by atoms with Crippen molar-refractivity contribution in [2.75, 3.05) is 19.6 Å². The van der Waals surface area contributed by atoms with E-state index in [1.807, 2.05) is 27.7 Å². The molecule has 1 aromatic rings. The van der Waals surface area contributed by atoms with Crippen molar-refractivity contribution in [3.05, 3.63) is 35.6 Å². The molecule has 2 aliphatic heterocycles. The number of rotatable bonds is 7. The van der Waals surface area contributed by atoms with E-state index in [2.05, 4.69) is 10.2 Å². The molecule has 0 bridgehead atoms. The molecule has 0 saturated carbocycles. The zero-order valence-corrected chi connectivity index (χ0v) is 19.8. The number of halogens is 1. The number of carbonyl (C=O) groups is 2. The molecule has 2 heterocycles. The van der Waals surface area contributed by atoms with Crippen LogP contribution in [0.15, 0.2) is 24.3 Å². The van der Waals surface area contributed by atoms with Crippen LogP contribution < -0.4 is 5.32 Å². The molecule has 2 fully saturated rings. The maximum Gasteiger partial charge on any atom is 0.223 e. The minimum Gasteiger partial charge on any atom is -0.353 e. The Hall–Kier alpha value is -1.83. The number of hydrogen-bond donors (Lipinski definition) is 1. The largest absolute Gasteiger partial charge is 0.353 e. The average Bonchev–Trinajstić information content (AvgIpc) is 2.72. The molecule has 1 amide bonds. The van der Waals surface area contributed by atoms with Gasteiger partial charge in [-0.15, -0.1) is 10.3 Å². The van der Waals surface area contributed by atoms with Crippen molar-refractivity contribution in [3.8, 4) is 0 Å². The van der Waals surface area contributed by atoms with Crippen LogP contribution in [-0.2, 0) is 10.0 Å². The number of piperidine rings is 2. The molecule has 0 aliphatic carbocycles. The number of amides is 1. The smallest absolute Gasteiger partial charge is 0.223 e. The number of nitrogens with one attached hydrogen (secondary N) is 1. The highest BCUT2D eigenvalue weighted by atomic mass is 19.1. The molecule has 0 aromatic heterocycles. The van der Waals surface area contributed by atoms with Crippen LogP contribution in [0.25, 0.3) is 0 Å². The van der Waals surface area contributed by atoms with Crippen LogP contribution in [0.3, 0.4) is 0 Å². The maximum atomic E-state index is 13.0. The normalized spacial score (nSPS) is 22.6. The summed E-state index contributed by atoms with van der Waals surface area (Å²) in [6.07, 6.45) is 4.14. The Kier molecular flexibility index (Phi) is 7.73. The van der Waals surface area contributed by atoms with Crippen molar-refractivity contribution in [2.45, 2.75) is 83.3 Å². The highest BCUT2D eigenvalue weighted by molar-refractivity contribution is 5.95. The summed E-state index contributed by atoms with van der Waals surface area (Å²) >= 11 is 0. The lowest BCUT2D eigenvalue weighted by molar-refractivity contribution is -0.290. The number of hydrogen-bond acceptors (Lipinski definition) is 4. The lowest BCUT2D eigenvalue weighted by Gasteiger charge is -2.50. The third-order valence-corrected chi connectivity index (χ3v) is 6.94. The van der Waals surface area contributed by atoms with Gasteiger partial charge in [-0.2, -0.15) is 0 Å². The Labute approximate surface area is 191 Å². The lowest BCUT2D eigenvalue weighted by Crippen LogP contribution is -2.62. The molecule has 2 saturated heterocycles. The predicted molar refractivity (Wildman–Crippen MR) is 121 cm³/mol. The SMILES string of the molecule is CC1(C)CC(NC(=O)C2CCN(CCCC(=O)c3ccc(F)cc3)CC2)CC(C)(C)N1[O]. The molecule has 7 heteroatoms. The molecule has 0 spiro atoms. The van der Waals surface area contributed by atoms with E-state index in [-0.39, 0.29) is 29.5 Å². The summed E-state index contributed by atoms with van der Waals surface area (Å²) in [4.78, 5) is 27.4. The third-order valence-electron chi connectivity index (χ3n) is 6.94. The van der Waals surface area contributed by atoms with Gasteiger partial charge < -0.3 is 10.2 Å². The van der Waals surface area contributed by atoms with Gasteiger partial charge in [-0.05, 0) is 104 Å². The Balaban J connectivity index is 1.39. The van der Waals surface area contributed by atoms with Crippen LogP contribution in [-0.4, -0.2) is 58.4 Å². The van der Waals surface area contributed by atoms with Crippen LogP contribution in [0.2, 0.25) is 0 Å². The molecule has 3 rings (SSSR count). The number of benzene rings is 1. The maximum absolute atomic E-state index is 13.0. The number of hydroxylamine groups is 2. The number of Topliss-reactive ketones (excluding diaryl/α,β-unsaturated/α-hetero) is 1. The summed E-state index contributed by atoms with van der Waals surface area (Å²) in [5.74, 6) is -0.193. The van der Waals surface area contributed by atoms with Gasteiger partial charge >= 0.3 is 0 Å². The number of nitrogens with zero attached hydrogens (tertiary/aromatic N) is 2. The molecule has 1 aromatic carbocycles. The van der Waals surface area contributed by atoms with Gasteiger partial charge in [0.05, 0.1) is 0 Å². The molecule has 2 aliphatic rings. The van der Waals surface area contributed by atoms with Gasteiger partial charge in [0.25, 0.3) is 0 Å². The third kappa shape index (κ3) is 6.15. The van der Waals surface area contributed by atoms with Gasteiger partial charge in [-0.1, -0.05) is 0 Å². The summed E-state index contributed by atoms with van der Waals surface area (Å²) < 4.78 is 13.0. The Morgan fingerprint density at radius 1 is 1.03 bits per heavy atom. The first-order valence-electron chi connectivity index (χ1n) is 11.8. The van der Waals surface area contributed by atoms with Crippen LogP contribution >= 0.6 is 0 Å². The van der Waals surface area contributed by atoms with Gasteiger partial charge in [0.15, 0.2) is 5.78 Å². The number of carbonyl (C=O) groups excluding carboxylic acids is 2. The van der Waals surface area contributed by atoms with Crippen molar-refractivity contribution in [1.29, 1.82) is 0 Å². The standard InChI is InChI=1S/C25H37FN3O3/c1-24(2)16-21(17-25(3,4)29(24)32)27-23(31)19-11-14-28(15-12-19)13-5-6-22(30)18-7-9-20(26)10-8-18/h7-10,19,21H,5-6,11-17H2,1-4H3,(H,27,31). The predicted octanol–water partition coefficient (Wildman–Crippen LogP) is 3.98. The van der Waals surface area contributed by atoms with E-state index in [0.717, 1.165) is 38.9 Å². The van der Waals surface area contributed by atoms with E-state index in [1.54, 1.807) is 0 Å². The van der Waals surface area contributed by atoms with E-state index in [1.165, 1.54) is 29.3 Å². The molecule has 6 nitrogen and oxygen atoms in total. The van der Waals surface area contributed by atoms with Gasteiger partial charge in [-0.25, -0.2) is 4.39 Å². The topological polar surface area (TPSA) is 72.6 Å². The van der Waals surface area contributed by atoms with E-state index in [0.29, 0.717) is 24.8 Å². The average molecular weight is 447 g/mol. The summed E-state index contributed by atoms with van der Waals surface area (Å²) in [5, 5.41) is 16.9. The first-order valence-corrected chi connectivity index (χ1v) is 11.8. The first kappa shape index (κ1) is 24.8. The van der Waals surface area contributed by atoms with Crippen molar-refractivity contribution in [1.82, 2.24) is 15.3 Å². The van der Waals surface area contributed by atoms with Gasteiger partial charge in [0.2, 0.25) is 5.91 Å². The monoisotopic (exact) mass is 446 g/mol. The van der Waals surface area contributed by atoms with Crippen LogP contribution in [0.4, 0.5) is 4.39 Å². The van der Waals surface area contributed by atoms with Crippen molar-refractivity contribution in [3.63, 3.8) is 0 Å². The Bertz CT molecular complexity index is 783. The number of ketones is 1. The van der Waals surface area contributed by atoms with E-state index in [9.17, 15) is 19.2 Å². The highest BCUT2D eigenvalue weighted by Gasteiger charge is 2.46. The second-order valence-corrected chi connectivity index (χ2v) is 10.7. The Morgan fingerprint density at radius 3 is 2.16 bits per heavy atom. The highest BCUT2D eigenvalue weighted by Crippen LogP contribution is 2.37. The number of likely N-dealkylation sites (tertiary alicyclic amines) is 1. The fraction of sp³-hybridized carbons (Fsp3) is 0.680. The Morgan fingerprint density at radius 2 is 1.59 bits per heavy atom. The molecule has 1 radical (unpaired) electrons. The van der Waals surface area contributed by atoms with E-state index >= 15 is 0 Å². The van der Waals surface area contributed by atoms with Crippen LogP contribution in [0.5, 0.6) is 0 Å². The summed E-state index contributed by atoms with van der Waals surface area (Å²) in [5.41, 5.74) is -0.432. The van der Waals surface area contributed by atoms with Gasteiger partial charge in [0.1, 0.15) is 5.82 Å². The molecule has 0 atom stereocenters. The summed E-state index contributed by atoms with van der Waals surface area (Å²) in [6, 6.07) is 5.72. The second kappa shape index (κ2) is 9.98. The van der Waals surface area contributed by atoms with Gasteiger partial charge in [0, 0.05) is 35.0 Å². The van der Waals surface area contributed by atoms with Crippen LogP contribution in [0.1, 0.15) is 76.6 Å². The molecular weight excluding hydrogens is 409 g/mol. The quantitative estimate of drug-likeness (QED) is 0.643. The minimum absolute atomic E-state index is 0.00334. The molecule has 0 unspecified atom stereocenters. The fourth-order valence-corrected chi connectivity index (χ4v) is 5.35. The van der Waals surface area contributed by atoms with Crippen LogP contribution in [0, 0.1) is 11.7 Å². The zero-order valence-electron chi connectivity index (χ0n) is 19.8. The minimum atomic E-state index is -0.492. The fourth-order valence-electron chi connectivity index (χ4n) is 5.35. The van der Waals surface area contributed by atoms with Gasteiger partial charge in [-0.3, -0.25) is 9.59 Å². The molecular formula is C25H37FN3O3.